The van der Waals surface area contributed by atoms with Crippen LogP contribution in [-0.2, 0) is 4.79 Å². The van der Waals surface area contributed by atoms with Gasteiger partial charge < -0.3 is 15.7 Å². The predicted molar refractivity (Wildman–Crippen MR) is 70.5 cm³/mol. The molecule has 0 aromatic carbocycles. The second-order valence-corrected chi connectivity index (χ2v) is 4.74. The zero-order chi connectivity index (χ0) is 13.1. The van der Waals surface area contributed by atoms with E-state index < -0.39 is 18.0 Å². The van der Waals surface area contributed by atoms with Crippen LogP contribution in [0.1, 0.15) is 32.6 Å². The largest absolute Gasteiger partial charge is 0.480 e. The summed E-state index contributed by atoms with van der Waals surface area (Å²) >= 11 is 1.82. The van der Waals surface area contributed by atoms with Crippen LogP contribution in [0.2, 0.25) is 0 Å². The molecule has 5 nitrogen and oxygen atoms in total. The Bertz CT molecular complexity index is 237. The van der Waals surface area contributed by atoms with E-state index in [0.29, 0.717) is 13.0 Å². The summed E-state index contributed by atoms with van der Waals surface area (Å²) in [5.41, 5.74) is 0. The number of amides is 2. The van der Waals surface area contributed by atoms with Crippen molar-refractivity contribution < 1.29 is 14.7 Å². The van der Waals surface area contributed by atoms with E-state index in [0.717, 1.165) is 25.0 Å². The molecule has 0 aliphatic carbocycles. The minimum absolute atomic E-state index is 0.385. The number of unbranched alkanes of at least 4 members (excludes halogenated alkanes) is 2. The maximum Gasteiger partial charge on any atom is 0.326 e. The molecule has 0 aromatic rings. The first-order chi connectivity index (χ1) is 8.11. The van der Waals surface area contributed by atoms with Crippen molar-refractivity contribution in [2.45, 2.75) is 38.6 Å². The Balaban J connectivity index is 3.55. The summed E-state index contributed by atoms with van der Waals surface area (Å²) in [4.78, 5) is 22.0. The molecule has 0 aliphatic rings. The van der Waals surface area contributed by atoms with Gasteiger partial charge in [-0.1, -0.05) is 13.3 Å². The molecular weight excluding hydrogens is 240 g/mol. The molecule has 0 aromatic heterocycles. The average Bonchev–Trinajstić information content (AvgIpc) is 2.30. The Morgan fingerprint density at radius 2 is 2.00 bits per heavy atom. The average molecular weight is 262 g/mol. The van der Waals surface area contributed by atoms with E-state index in [1.807, 2.05) is 11.8 Å². The van der Waals surface area contributed by atoms with Crippen LogP contribution in [-0.4, -0.2) is 41.7 Å². The third-order valence-corrected chi connectivity index (χ3v) is 3.02. The van der Waals surface area contributed by atoms with Crippen LogP contribution in [0.25, 0.3) is 0 Å². The number of carboxylic acids is 1. The van der Waals surface area contributed by atoms with Gasteiger partial charge in [0.15, 0.2) is 0 Å². The highest BCUT2D eigenvalue weighted by molar-refractivity contribution is 7.98. The molecule has 0 radical (unpaired) electrons. The number of carbonyl (C=O) groups excluding carboxylic acids is 1. The molecule has 17 heavy (non-hydrogen) atoms. The summed E-state index contributed by atoms with van der Waals surface area (Å²) in [6.45, 7) is 2.32. The van der Waals surface area contributed by atoms with Crippen molar-refractivity contribution in [1.82, 2.24) is 10.6 Å². The molecule has 1 atom stereocenters. The molecule has 0 heterocycles. The minimum atomic E-state index is -0.998. The first-order valence-corrected chi connectivity index (χ1v) is 7.27. The number of rotatable bonds is 9. The number of carbonyl (C=O) groups is 2. The van der Waals surface area contributed by atoms with Gasteiger partial charge in [-0.3, -0.25) is 0 Å². The van der Waals surface area contributed by atoms with Crippen molar-refractivity contribution in [3.63, 3.8) is 0 Å². The third-order valence-electron chi connectivity index (χ3n) is 2.32. The topological polar surface area (TPSA) is 78.4 Å². The first-order valence-electron chi connectivity index (χ1n) is 5.88. The van der Waals surface area contributed by atoms with Crippen molar-refractivity contribution in [3.05, 3.63) is 0 Å². The number of urea groups is 1. The number of aliphatic carboxylic acids is 1. The molecule has 3 N–H and O–H groups in total. The number of nitrogens with one attached hydrogen (secondary N) is 2. The van der Waals surface area contributed by atoms with Gasteiger partial charge in [-0.25, -0.2) is 9.59 Å². The quantitative estimate of drug-likeness (QED) is 0.552. The van der Waals surface area contributed by atoms with Crippen molar-refractivity contribution in [1.29, 1.82) is 0 Å². The molecule has 2 amide bonds. The van der Waals surface area contributed by atoms with Gasteiger partial charge in [0.05, 0.1) is 0 Å². The lowest BCUT2D eigenvalue weighted by atomic mass is 10.2. The van der Waals surface area contributed by atoms with E-state index in [1.165, 1.54) is 0 Å². The summed E-state index contributed by atoms with van der Waals surface area (Å²) in [6.07, 6.45) is 5.62. The number of carboxylic acid groups (broad SMARTS) is 1. The molecule has 0 unspecified atom stereocenters. The second-order valence-electron chi connectivity index (χ2n) is 3.75. The number of hydrogen-bond donors (Lipinski definition) is 3. The van der Waals surface area contributed by atoms with Crippen molar-refractivity contribution in [2.24, 2.45) is 0 Å². The minimum Gasteiger partial charge on any atom is -0.480 e. The lowest BCUT2D eigenvalue weighted by molar-refractivity contribution is -0.139. The molecule has 0 bridgehead atoms. The van der Waals surface area contributed by atoms with Crippen LogP contribution in [0.3, 0.4) is 0 Å². The lowest BCUT2D eigenvalue weighted by Crippen LogP contribution is -2.45. The SMILES string of the molecule is CC[C@H](NC(=O)NCCCCCSC)C(=O)O. The zero-order valence-electron chi connectivity index (χ0n) is 10.5. The van der Waals surface area contributed by atoms with Crippen LogP contribution < -0.4 is 10.6 Å². The van der Waals surface area contributed by atoms with Gasteiger partial charge in [0, 0.05) is 6.54 Å². The van der Waals surface area contributed by atoms with E-state index in [9.17, 15) is 9.59 Å². The molecule has 0 aliphatic heterocycles. The van der Waals surface area contributed by atoms with Crippen LogP contribution >= 0.6 is 11.8 Å². The fourth-order valence-electron chi connectivity index (χ4n) is 1.30. The van der Waals surface area contributed by atoms with Gasteiger partial charge in [0.2, 0.25) is 0 Å². The normalized spacial score (nSPS) is 11.9. The predicted octanol–water partition coefficient (Wildman–Crippen LogP) is 1.68. The Labute approximate surface area is 107 Å². The van der Waals surface area contributed by atoms with Crippen molar-refractivity contribution in [3.8, 4) is 0 Å². The van der Waals surface area contributed by atoms with Gasteiger partial charge in [-0.15, -0.1) is 0 Å². The first kappa shape index (κ1) is 16.1. The number of thioether (sulfide) groups is 1. The molecule has 0 fully saturated rings. The molecule has 0 rings (SSSR count). The number of hydrogen-bond acceptors (Lipinski definition) is 3. The molecule has 0 saturated carbocycles. The van der Waals surface area contributed by atoms with Gasteiger partial charge in [-0.05, 0) is 31.3 Å². The summed E-state index contributed by atoms with van der Waals surface area (Å²) < 4.78 is 0. The monoisotopic (exact) mass is 262 g/mol. The Morgan fingerprint density at radius 3 is 2.53 bits per heavy atom. The second kappa shape index (κ2) is 10.3. The zero-order valence-corrected chi connectivity index (χ0v) is 11.3. The molecule has 0 saturated heterocycles. The summed E-state index contributed by atoms with van der Waals surface area (Å²) in [6, 6.07) is -1.20. The maximum atomic E-state index is 11.3. The van der Waals surface area contributed by atoms with Crippen molar-refractivity contribution in [2.75, 3.05) is 18.6 Å². The van der Waals surface area contributed by atoms with Gasteiger partial charge >= 0.3 is 12.0 Å². The van der Waals surface area contributed by atoms with Crippen LogP contribution in [0, 0.1) is 0 Å². The van der Waals surface area contributed by atoms with E-state index >= 15 is 0 Å². The van der Waals surface area contributed by atoms with Gasteiger partial charge in [-0.2, -0.15) is 11.8 Å². The van der Waals surface area contributed by atoms with Crippen LogP contribution in [0.5, 0.6) is 0 Å². The Morgan fingerprint density at radius 1 is 1.29 bits per heavy atom. The van der Waals surface area contributed by atoms with E-state index in [4.69, 9.17) is 5.11 Å². The highest BCUT2D eigenvalue weighted by Gasteiger charge is 2.16. The third kappa shape index (κ3) is 8.85. The molecule has 100 valence electrons. The fraction of sp³-hybridized carbons (Fsp3) is 0.818. The maximum absolute atomic E-state index is 11.3. The van der Waals surface area contributed by atoms with E-state index in [1.54, 1.807) is 6.92 Å². The van der Waals surface area contributed by atoms with E-state index in [2.05, 4.69) is 16.9 Å². The summed E-state index contributed by atoms with van der Waals surface area (Å²) in [5.74, 6) is 0.144. The summed E-state index contributed by atoms with van der Waals surface area (Å²) in [7, 11) is 0. The van der Waals surface area contributed by atoms with Gasteiger partial charge in [0.25, 0.3) is 0 Å². The van der Waals surface area contributed by atoms with Gasteiger partial charge in [0.1, 0.15) is 6.04 Å². The fourth-order valence-corrected chi connectivity index (χ4v) is 1.79. The molecule has 6 heteroatoms. The standard InChI is InChI=1S/C11H22N2O3S/c1-3-9(10(14)15)13-11(16)12-7-5-4-6-8-17-2/h9H,3-8H2,1-2H3,(H,14,15)(H2,12,13,16)/t9-/m0/s1. The van der Waals surface area contributed by atoms with Crippen LogP contribution in [0.4, 0.5) is 4.79 Å². The molecular formula is C11H22N2O3S. The summed E-state index contributed by atoms with van der Waals surface area (Å²) in [5, 5.41) is 13.8. The van der Waals surface area contributed by atoms with E-state index in [-0.39, 0.29) is 0 Å². The Kier molecular flexibility index (Phi) is 9.71. The Hall–Kier alpha value is -0.910. The highest BCUT2D eigenvalue weighted by Crippen LogP contribution is 2.01. The highest BCUT2D eigenvalue weighted by atomic mass is 32.2. The smallest absolute Gasteiger partial charge is 0.326 e. The molecule has 0 spiro atoms. The lowest BCUT2D eigenvalue weighted by Gasteiger charge is -2.12. The van der Waals surface area contributed by atoms with Crippen molar-refractivity contribution >= 4 is 23.8 Å². The van der Waals surface area contributed by atoms with Crippen LogP contribution in [0.15, 0.2) is 0 Å².